The molecule has 0 saturated heterocycles. The van der Waals surface area contributed by atoms with Gasteiger partial charge in [0.05, 0.1) is 10.6 Å². The first-order chi connectivity index (χ1) is 20.0. The fraction of sp³-hybridized carbons (Fsp3) is 0.394. The van der Waals surface area contributed by atoms with Gasteiger partial charge in [-0.1, -0.05) is 67.3 Å². The maximum absolute atomic E-state index is 14.2. The van der Waals surface area contributed by atoms with Crippen molar-refractivity contribution in [1.82, 2.24) is 10.2 Å². The Morgan fingerprint density at radius 2 is 1.55 bits per heavy atom. The molecule has 3 aromatic rings. The zero-order valence-corrected chi connectivity index (χ0v) is 25.6. The summed E-state index contributed by atoms with van der Waals surface area (Å²) in [5, 5.41) is 3.10. The summed E-state index contributed by atoms with van der Waals surface area (Å²) in [6.07, 6.45) is 4.20. The number of anilines is 1. The molecule has 4 rings (SSSR count). The Labute approximate surface area is 248 Å². The third-order valence-electron chi connectivity index (χ3n) is 7.86. The predicted octanol–water partition coefficient (Wildman–Crippen LogP) is 5.81. The number of nitrogens with zero attached hydrogens (tertiary/aromatic N) is 2. The number of aryl methyl sites for hydroxylation is 3. The number of hydrogen-bond donors (Lipinski definition) is 1. The van der Waals surface area contributed by atoms with Gasteiger partial charge in [-0.15, -0.1) is 0 Å². The fourth-order valence-electron chi connectivity index (χ4n) is 5.51. The summed E-state index contributed by atoms with van der Waals surface area (Å²) in [5.74, 6) is -1.20. The molecule has 3 aromatic carbocycles. The molecule has 1 atom stereocenters. The van der Waals surface area contributed by atoms with Crippen molar-refractivity contribution in [3.63, 3.8) is 0 Å². The highest BCUT2D eigenvalue weighted by atomic mass is 32.2. The van der Waals surface area contributed by atoms with E-state index in [4.69, 9.17) is 0 Å². The van der Waals surface area contributed by atoms with E-state index in [0.717, 1.165) is 41.1 Å². The van der Waals surface area contributed by atoms with E-state index < -0.39 is 34.3 Å². The lowest BCUT2D eigenvalue weighted by Gasteiger charge is -2.34. The smallest absolute Gasteiger partial charge is 0.264 e. The van der Waals surface area contributed by atoms with Crippen LogP contribution in [-0.4, -0.2) is 43.8 Å². The second-order valence-corrected chi connectivity index (χ2v) is 13.0. The third-order valence-corrected chi connectivity index (χ3v) is 9.64. The summed E-state index contributed by atoms with van der Waals surface area (Å²) in [7, 11) is -4.15. The van der Waals surface area contributed by atoms with Crippen molar-refractivity contribution < 1.29 is 22.4 Å². The topological polar surface area (TPSA) is 86.8 Å². The molecule has 9 heteroatoms. The molecule has 1 aliphatic rings. The van der Waals surface area contributed by atoms with Crippen LogP contribution < -0.4 is 9.62 Å². The molecule has 7 nitrogen and oxygen atoms in total. The van der Waals surface area contributed by atoms with Crippen LogP contribution >= 0.6 is 0 Å². The molecule has 0 bridgehead atoms. The Hall–Kier alpha value is -3.72. The summed E-state index contributed by atoms with van der Waals surface area (Å²) in [6, 6.07) is 16.9. The quantitative estimate of drug-likeness (QED) is 0.304. The van der Waals surface area contributed by atoms with Crippen LogP contribution in [0.4, 0.5) is 10.1 Å². The number of halogens is 1. The first-order valence-electron chi connectivity index (χ1n) is 14.5. The number of benzene rings is 3. The number of carbonyl (C=O) groups is 2. The van der Waals surface area contributed by atoms with Gasteiger partial charge in [-0.05, 0) is 81.5 Å². The van der Waals surface area contributed by atoms with Gasteiger partial charge in [-0.3, -0.25) is 13.9 Å². The first-order valence-corrected chi connectivity index (χ1v) is 15.9. The highest BCUT2D eigenvalue weighted by Crippen LogP contribution is 2.29. The fourth-order valence-corrected chi connectivity index (χ4v) is 6.99. The van der Waals surface area contributed by atoms with Crippen LogP contribution in [0.1, 0.15) is 61.3 Å². The van der Waals surface area contributed by atoms with Gasteiger partial charge >= 0.3 is 0 Å². The number of amides is 2. The van der Waals surface area contributed by atoms with E-state index in [1.807, 2.05) is 39.8 Å². The summed E-state index contributed by atoms with van der Waals surface area (Å²) in [6.45, 7) is 6.95. The van der Waals surface area contributed by atoms with Crippen molar-refractivity contribution >= 4 is 27.5 Å². The molecule has 1 aliphatic carbocycles. The van der Waals surface area contributed by atoms with Gasteiger partial charge in [0.25, 0.3) is 10.0 Å². The SMILES string of the molecule is CCC(C(=O)NC1CCCC1)N(Cc1ccc(F)cc1)C(=O)CN(c1ccc(C)cc1C)S(=O)(=O)c1ccc(C)cc1. The molecule has 0 spiro atoms. The van der Waals surface area contributed by atoms with E-state index in [2.05, 4.69) is 5.32 Å². The summed E-state index contributed by atoms with van der Waals surface area (Å²) in [5.41, 5.74) is 3.60. The average Bonchev–Trinajstić information content (AvgIpc) is 3.46. The average molecular weight is 594 g/mol. The summed E-state index contributed by atoms with van der Waals surface area (Å²) in [4.78, 5) is 29.2. The molecule has 1 unspecified atom stereocenters. The lowest BCUT2D eigenvalue weighted by Crippen LogP contribution is -2.53. The van der Waals surface area contributed by atoms with Crippen molar-refractivity contribution in [1.29, 1.82) is 0 Å². The number of nitrogens with one attached hydrogen (secondary N) is 1. The van der Waals surface area contributed by atoms with E-state index in [1.165, 1.54) is 29.2 Å². The highest BCUT2D eigenvalue weighted by molar-refractivity contribution is 7.92. The number of carbonyl (C=O) groups excluding carboxylic acids is 2. The van der Waals surface area contributed by atoms with Gasteiger partial charge < -0.3 is 10.2 Å². The molecule has 2 amide bonds. The first kappa shape index (κ1) is 31.2. The third kappa shape index (κ3) is 7.37. The zero-order chi connectivity index (χ0) is 30.4. The van der Waals surface area contributed by atoms with Crippen molar-refractivity contribution in [2.45, 2.75) is 83.3 Å². The maximum atomic E-state index is 14.2. The summed E-state index contributed by atoms with van der Waals surface area (Å²) < 4.78 is 43.0. The van der Waals surface area contributed by atoms with Gasteiger partial charge in [0, 0.05) is 12.6 Å². The van der Waals surface area contributed by atoms with E-state index in [-0.39, 0.29) is 23.4 Å². The Morgan fingerprint density at radius 1 is 0.929 bits per heavy atom. The van der Waals surface area contributed by atoms with Gasteiger partial charge in [0.2, 0.25) is 11.8 Å². The number of rotatable bonds is 11. The van der Waals surface area contributed by atoms with Crippen LogP contribution in [-0.2, 0) is 26.2 Å². The minimum atomic E-state index is -4.15. The van der Waals surface area contributed by atoms with Crippen LogP contribution in [0.3, 0.4) is 0 Å². The predicted molar refractivity (Wildman–Crippen MR) is 163 cm³/mol. The Morgan fingerprint density at radius 3 is 2.14 bits per heavy atom. The minimum absolute atomic E-state index is 0.0288. The summed E-state index contributed by atoms with van der Waals surface area (Å²) >= 11 is 0. The van der Waals surface area contributed by atoms with E-state index >= 15 is 0 Å². The van der Waals surface area contributed by atoms with Gasteiger partial charge in [0.1, 0.15) is 18.4 Å². The maximum Gasteiger partial charge on any atom is 0.264 e. The Kier molecular flexibility index (Phi) is 10.0. The van der Waals surface area contributed by atoms with E-state index in [1.54, 1.807) is 30.3 Å². The second-order valence-electron chi connectivity index (χ2n) is 11.2. The number of sulfonamides is 1. The van der Waals surface area contributed by atoms with Crippen LogP contribution in [0.15, 0.2) is 71.6 Å². The lowest BCUT2D eigenvalue weighted by molar-refractivity contribution is -0.140. The number of hydrogen-bond acceptors (Lipinski definition) is 4. The lowest BCUT2D eigenvalue weighted by atomic mass is 10.1. The molecule has 42 heavy (non-hydrogen) atoms. The standard InChI is InChI=1S/C33H40FN3O4S/c1-5-30(33(39)35-28-8-6-7-9-28)36(21-26-13-15-27(34)16-14-26)32(38)22-37(31-19-12-24(3)20-25(31)4)42(40,41)29-17-10-23(2)11-18-29/h10-20,28,30H,5-9,21-22H2,1-4H3,(H,35,39). The van der Waals surface area contributed by atoms with Gasteiger partial charge in [0.15, 0.2) is 0 Å². The Balaban J connectivity index is 1.73. The monoisotopic (exact) mass is 593 g/mol. The van der Waals surface area contributed by atoms with Crippen molar-refractivity contribution in [3.8, 4) is 0 Å². The molecule has 1 saturated carbocycles. The molecule has 224 valence electrons. The molecule has 1 fully saturated rings. The van der Waals surface area contributed by atoms with Crippen molar-refractivity contribution in [2.75, 3.05) is 10.8 Å². The minimum Gasteiger partial charge on any atom is -0.352 e. The van der Waals surface area contributed by atoms with Crippen molar-refractivity contribution in [2.24, 2.45) is 0 Å². The normalized spacial score (nSPS) is 14.4. The zero-order valence-electron chi connectivity index (χ0n) is 24.8. The molecular formula is C33H40FN3O4S. The van der Waals surface area contributed by atoms with Crippen LogP contribution in [0.25, 0.3) is 0 Å². The van der Waals surface area contributed by atoms with Gasteiger partial charge in [-0.25, -0.2) is 12.8 Å². The second kappa shape index (κ2) is 13.5. The van der Waals surface area contributed by atoms with E-state index in [0.29, 0.717) is 23.2 Å². The van der Waals surface area contributed by atoms with E-state index in [9.17, 15) is 22.4 Å². The molecule has 0 aromatic heterocycles. The van der Waals surface area contributed by atoms with Crippen LogP contribution in [0.5, 0.6) is 0 Å². The molecular weight excluding hydrogens is 553 g/mol. The van der Waals surface area contributed by atoms with Crippen LogP contribution in [0, 0.1) is 26.6 Å². The molecule has 0 radical (unpaired) electrons. The molecule has 0 heterocycles. The van der Waals surface area contributed by atoms with Crippen molar-refractivity contribution in [3.05, 3.63) is 94.8 Å². The van der Waals surface area contributed by atoms with Gasteiger partial charge in [-0.2, -0.15) is 0 Å². The molecule has 1 N–H and O–H groups in total. The largest absolute Gasteiger partial charge is 0.352 e. The molecule has 0 aliphatic heterocycles. The van der Waals surface area contributed by atoms with Crippen LogP contribution in [0.2, 0.25) is 0 Å². The Bertz CT molecular complexity index is 1500. The highest BCUT2D eigenvalue weighted by Gasteiger charge is 2.35.